The molecule has 0 bridgehead atoms. The molecular weight excluding hydrogens is 338 g/mol. The number of aryl methyl sites for hydroxylation is 2. The number of benzene rings is 1. The summed E-state index contributed by atoms with van der Waals surface area (Å²) in [5.41, 5.74) is 4.00. The Kier molecular flexibility index (Phi) is 5.44. The number of hydrogen-bond acceptors (Lipinski definition) is 4. The maximum Gasteiger partial charge on any atom is 0.217 e. The molecule has 3 aromatic rings. The minimum Gasteiger partial charge on any atom is -0.367 e. The lowest BCUT2D eigenvalue weighted by Crippen LogP contribution is -2.42. The lowest BCUT2D eigenvalue weighted by Gasteiger charge is -2.22. The third-order valence-corrected chi connectivity index (χ3v) is 4.87. The lowest BCUT2D eigenvalue weighted by atomic mass is 10.0. The van der Waals surface area contributed by atoms with Crippen molar-refractivity contribution in [2.75, 3.05) is 11.9 Å². The molecule has 27 heavy (non-hydrogen) atoms. The Hall–Kier alpha value is -2.89. The molecule has 0 radical (unpaired) electrons. The summed E-state index contributed by atoms with van der Waals surface area (Å²) in [4.78, 5) is 24.4. The SMILES string of the molecule is CC(=O)NC(CNc1nc(-c2ccccc2)nc2[nH]c(C)c(C)c12)C(C)C. The predicted octanol–water partition coefficient (Wildman–Crippen LogP) is 3.81. The van der Waals surface area contributed by atoms with E-state index in [9.17, 15) is 4.79 Å². The number of rotatable bonds is 6. The first-order valence-electron chi connectivity index (χ1n) is 9.30. The van der Waals surface area contributed by atoms with Crippen LogP contribution >= 0.6 is 0 Å². The number of nitrogens with zero attached hydrogens (tertiary/aromatic N) is 2. The first-order chi connectivity index (χ1) is 12.9. The fraction of sp³-hybridized carbons (Fsp3) is 0.381. The highest BCUT2D eigenvalue weighted by Crippen LogP contribution is 2.29. The maximum absolute atomic E-state index is 11.5. The molecule has 0 aliphatic rings. The number of aromatic amines is 1. The van der Waals surface area contributed by atoms with Crippen molar-refractivity contribution in [1.82, 2.24) is 20.3 Å². The molecule has 3 rings (SSSR count). The molecule has 1 atom stereocenters. The van der Waals surface area contributed by atoms with Gasteiger partial charge < -0.3 is 15.6 Å². The zero-order valence-corrected chi connectivity index (χ0v) is 16.6. The Balaban J connectivity index is 2.00. The van der Waals surface area contributed by atoms with Gasteiger partial charge in [0.05, 0.1) is 5.39 Å². The van der Waals surface area contributed by atoms with Crippen molar-refractivity contribution in [1.29, 1.82) is 0 Å². The van der Waals surface area contributed by atoms with Crippen molar-refractivity contribution in [3.63, 3.8) is 0 Å². The minimum absolute atomic E-state index is 0.0213. The molecule has 1 unspecified atom stereocenters. The molecule has 0 aliphatic heterocycles. The number of H-pyrrole nitrogens is 1. The number of nitrogens with one attached hydrogen (secondary N) is 3. The van der Waals surface area contributed by atoms with E-state index in [0.29, 0.717) is 18.3 Å². The van der Waals surface area contributed by atoms with Crippen LogP contribution in [0.3, 0.4) is 0 Å². The molecule has 0 fully saturated rings. The highest BCUT2D eigenvalue weighted by molar-refractivity contribution is 5.92. The zero-order chi connectivity index (χ0) is 19.6. The summed E-state index contributed by atoms with van der Waals surface area (Å²) < 4.78 is 0. The van der Waals surface area contributed by atoms with E-state index in [0.717, 1.165) is 33.7 Å². The van der Waals surface area contributed by atoms with Crippen LogP contribution in [0.2, 0.25) is 0 Å². The molecule has 0 aliphatic carbocycles. The fourth-order valence-electron chi connectivity index (χ4n) is 3.13. The van der Waals surface area contributed by atoms with Crippen LogP contribution in [-0.2, 0) is 4.79 Å². The van der Waals surface area contributed by atoms with Gasteiger partial charge in [-0.25, -0.2) is 9.97 Å². The van der Waals surface area contributed by atoms with Crippen LogP contribution in [0, 0.1) is 19.8 Å². The molecule has 6 nitrogen and oxygen atoms in total. The molecule has 1 aromatic carbocycles. The van der Waals surface area contributed by atoms with Crippen molar-refractivity contribution in [3.05, 3.63) is 41.6 Å². The van der Waals surface area contributed by atoms with E-state index in [-0.39, 0.29) is 11.9 Å². The van der Waals surface area contributed by atoms with Gasteiger partial charge in [-0.15, -0.1) is 0 Å². The summed E-state index contributed by atoms with van der Waals surface area (Å²) in [5, 5.41) is 7.46. The topological polar surface area (TPSA) is 82.7 Å². The number of hydrogen-bond donors (Lipinski definition) is 3. The number of amides is 1. The minimum atomic E-state index is -0.0259. The Labute approximate surface area is 159 Å². The van der Waals surface area contributed by atoms with E-state index >= 15 is 0 Å². The van der Waals surface area contributed by atoms with Crippen LogP contribution in [0.4, 0.5) is 5.82 Å². The molecule has 6 heteroatoms. The molecule has 2 aromatic heterocycles. The maximum atomic E-state index is 11.5. The van der Waals surface area contributed by atoms with Crippen LogP contribution in [0.25, 0.3) is 22.4 Å². The molecule has 0 saturated heterocycles. The monoisotopic (exact) mass is 365 g/mol. The fourth-order valence-corrected chi connectivity index (χ4v) is 3.13. The number of aromatic nitrogens is 3. The summed E-state index contributed by atoms with van der Waals surface area (Å²) in [6.45, 7) is 10.4. The normalized spacial score (nSPS) is 12.4. The van der Waals surface area contributed by atoms with Gasteiger partial charge in [0.15, 0.2) is 5.82 Å². The Morgan fingerprint density at radius 1 is 1.15 bits per heavy atom. The second-order valence-corrected chi connectivity index (χ2v) is 7.29. The van der Waals surface area contributed by atoms with Gasteiger partial charge in [-0.2, -0.15) is 0 Å². The van der Waals surface area contributed by atoms with Crippen molar-refractivity contribution in [2.24, 2.45) is 5.92 Å². The van der Waals surface area contributed by atoms with Crippen molar-refractivity contribution >= 4 is 22.8 Å². The van der Waals surface area contributed by atoms with Gasteiger partial charge in [0.2, 0.25) is 5.91 Å². The second-order valence-electron chi connectivity index (χ2n) is 7.29. The number of carbonyl (C=O) groups is 1. The predicted molar refractivity (Wildman–Crippen MR) is 110 cm³/mol. The van der Waals surface area contributed by atoms with Crippen molar-refractivity contribution in [2.45, 2.75) is 40.7 Å². The van der Waals surface area contributed by atoms with Gasteiger partial charge in [0, 0.05) is 30.8 Å². The quantitative estimate of drug-likeness (QED) is 0.620. The summed E-state index contributed by atoms with van der Waals surface area (Å²) in [6, 6.07) is 9.96. The van der Waals surface area contributed by atoms with E-state index in [1.54, 1.807) is 6.92 Å². The highest BCUT2D eigenvalue weighted by atomic mass is 16.1. The lowest BCUT2D eigenvalue weighted by molar-refractivity contribution is -0.119. The van der Waals surface area contributed by atoms with Crippen LogP contribution in [-0.4, -0.2) is 33.4 Å². The highest BCUT2D eigenvalue weighted by Gasteiger charge is 2.18. The average molecular weight is 365 g/mol. The summed E-state index contributed by atoms with van der Waals surface area (Å²) in [5.74, 6) is 1.74. The van der Waals surface area contributed by atoms with E-state index < -0.39 is 0 Å². The van der Waals surface area contributed by atoms with Gasteiger partial charge in [-0.3, -0.25) is 4.79 Å². The molecular formula is C21H27N5O. The van der Waals surface area contributed by atoms with E-state index in [2.05, 4.69) is 36.4 Å². The molecule has 0 spiro atoms. The van der Waals surface area contributed by atoms with Gasteiger partial charge in [-0.05, 0) is 25.3 Å². The summed E-state index contributed by atoms with van der Waals surface area (Å²) in [7, 11) is 0. The molecule has 0 saturated carbocycles. The smallest absolute Gasteiger partial charge is 0.217 e. The third-order valence-electron chi connectivity index (χ3n) is 4.87. The van der Waals surface area contributed by atoms with E-state index in [4.69, 9.17) is 9.97 Å². The van der Waals surface area contributed by atoms with Crippen LogP contribution in [0.1, 0.15) is 32.0 Å². The number of anilines is 1. The first kappa shape index (κ1) is 18.9. The van der Waals surface area contributed by atoms with Gasteiger partial charge in [0.25, 0.3) is 0 Å². The van der Waals surface area contributed by atoms with Gasteiger partial charge >= 0.3 is 0 Å². The average Bonchev–Trinajstić information content (AvgIpc) is 2.92. The molecule has 1 amide bonds. The molecule has 142 valence electrons. The second kappa shape index (κ2) is 7.78. The zero-order valence-electron chi connectivity index (χ0n) is 16.6. The number of fused-ring (bicyclic) bond motifs is 1. The molecule has 2 heterocycles. The van der Waals surface area contributed by atoms with E-state index in [1.165, 1.54) is 0 Å². The van der Waals surface area contributed by atoms with Crippen LogP contribution in [0.15, 0.2) is 30.3 Å². The van der Waals surface area contributed by atoms with Gasteiger partial charge in [-0.1, -0.05) is 44.2 Å². The Morgan fingerprint density at radius 3 is 2.48 bits per heavy atom. The van der Waals surface area contributed by atoms with Crippen LogP contribution < -0.4 is 10.6 Å². The van der Waals surface area contributed by atoms with Gasteiger partial charge in [0.1, 0.15) is 11.5 Å². The van der Waals surface area contributed by atoms with Crippen LogP contribution in [0.5, 0.6) is 0 Å². The Morgan fingerprint density at radius 2 is 1.85 bits per heavy atom. The summed E-state index contributed by atoms with van der Waals surface area (Å²) in [6.07, 6.45) is 0. The molecule has 3 N–H and O–H groups in total. The third kappa shape index (κ3) is 4.10. The summed E-state index contributed by atoms with van der Waals surface area (Å²) >= 11 is 0. The first-order valence-corrected chi connectivity index (χ1v) is 9.30. The van der Waals surface area contributed by atoms with Crippen molar-refractivity contribution in [3.8, 4) is 11.4 Å². The Bertz CT molecular complexity index is 946. The standard InChI is InChI=1S/C21H27N5O/c1-12(2)17(24-15(5)27)11-22-20-18-13(3)14(4)23-21(18)26-19(25-20)16-9-7-6-8-10-16/h6-10,12,17H,11H2,1-5H3,(H,24,27)(H2,22,23,25,26). The van der Waals surface area contributed by atoms with E-state index in [1.807, 2.05) is 37.3 Å². The number of carbonyl (C=O) groups excluding carboxylic acids is 1. The largest absolute Gasteiger partial charge is 0.367 e. The van der Waals surface area contributed by atoms with Crippen molar-refractivity contribution < 1.29 is 4.79 Å².